The maximum absolute atomic E-state index is 12.4. The van der Waals surface area contributed by atoms with Gasteiger partial charge < -0.3 is 14.8 Å². The van der Waals surface area contributed by atoms with Crippen molar-refractivity contribution in [1.29, 1.82) is 0 Å². The van der Waals surface area contributed by atoms with Crippen molar-refractivity contribution in [2.45, 2.75) is 25.8 Å². The summed E-state index contributed by atoms with van der Waals surface area (Å²) in [6.45, 7) is 3.56. The number of imidazole rings is 1. The van der Waals surface area contributed by atoms with Gasteiger partial charge in [-0.1, -0.05) is 12.1 Å². The van der Waals surface area contributed by atoms with Gasteiger partial charge in [0.05, 0.1) is 17.4 Å². The van der Waals surface area contributed by atoms with Crippen molar-refractivity contribution in [1.82, 2.24) is 19.8 Å². The molecule has 1 aromatic carbocycles. The van der Waals surface area contributed by atoms with Crippen LogP contribution in [-0.2, 0) is 11.3 Å². The van der Waals surface area contributed by atoms with Crippen LogP contribution in [0.4, 0.5) is 0 Å². The maximum atomic E-state index is 12.4. The van der Waals surface area contributed by atoms with Crippen LogP contribution in [0.2, 0.25) is 0 Å². The number of piperidine rings is 1. The lowest BCUT2D eigenvalue weighted by Crippen LogP contribution is -2.40. The van der Waals surface area contributed by atoms with Crippen LogP contribution in [-0.4, -0.2) is 47.0 Å². The SMILES string of the molecule is CNCC1CCN(C(=O)CCn2cnc3ccccc32)CC1.Cl.Cl. The van der Waals surface area contributed by atoms with Crippen molar-refractivity contribution in [2.75, 3.05) is 26.7 Å². The van der Waals surface area contributed by atoms with Gasteiger partial charge in [0, 0.05) is 26.1 Å². The zero-order chi connectivity index (χ0) is 15.4. The normalized spacial score (nSPS) is 15.0. The van der Waals surface area contributed by atoms with Crippen LogP contribution in [0.3, 0.4) is 0 Å². The summed E-state index contributed by atoms with van der Waals surface area (Å²) >= 11 is 0. The Kier molecular flexibility index (Phi) is 8.53. The van der Waals surface area contributed by atoms with E-state index in [1.54, 1.807) is 0 Å². The molecule has 3 rings (SSSR count). The molecule has 1 aliphatic rings. The molecular formula is C17H26Cl2N4O. The summed E-state index contributed by atoms with van der Waals surface area (Å²) < 4.78 is 2.07. The molecule has 1 fully saturated rings. The summed E-state index contributed by atoms with van der Waals surface area (Å²) in [4.78, 5) is 18.8. The molecule has 0 bridgehead atoms. The second-order valence-corrected chi connectivity index (χ2v) is 6.06. The Morgan fingerprint density at radius 2 is 1.96 bits per heavy atom. The number of aryl methyl sites for hydroxylation is 1. The molecule has 1 amide bonds. The zero-order valence-electron chi connectivity index (χ0n) is 14.0. The van der Waals surface area contributed by atoms with Crippen molar-refractivity contribution < 1.29 is 4.79 Å². The number of hydrogen-bond acceptors (Lipinski definition) is 3. The minimum Gasteiger partial charge on any atom is -0.343 e. The van der Waals surface area contributed by atoms with E-state index < -0.39 is 0 Å². The van der Waals surface area contributed by atoms with E-state index in [0.29, 0.717) is 18.9 Å². The molecule has 2 heterocycles. The first-order valence-corrected chi connectivity index (χ1v) is 8.10. The first kappa shape index (κ1) is 20.7. The summed E-state index contributed by atoms with van der Waals surface area (Å²) in [5, 5.41) is 3.23. The third-order valence-corrected chi connectivity index (χ3v) is 4.55. The Morgan fingerprint density at radius 1 is 1.25 bits per heavy atom. The Hall–Kier alpha value is -1.30. The van der Waals surface area contributed by atoms with E-state index in [4.69, 9.17) is 0 Å². The van der Waals surface area contributed by atoms with E-state index in [9.17, 15) is 4.79 Å². The van der Waals surface area contributed by atoms with Crippen molar-refractivity contribution >= 4 is 41.8 Å². The van der Waals surface area contributed by atoms with Crippen LogP contribution in [0.5, 0.6) is 0 Å². The predicted octanol–water partition coefficient (Wildman–Crippen LogP) is 2.73. The molecular weight excluding hydrogens is 347 g/mol. The first-order chi connectivity index (χ1) is 10.8. The number of rotatable bonds is 5. The van der Waals surface area contributed by atoms with Gasteiger partial charge in [0.1, 0.15) is 0 Å². The summed E-state index contributed by atoms with van der Waals surface area (Å²) in [6, 6.07) is 8.05. The number of aromatic nitrogens is 2. The highest BCUT2D eigenvalue weighted by molar-refractivity contribution is 5.85. The van der Waals surface area contributed by atoms with Gasteiger partial charge in [-0.25, -0.2) is 4.98 Å². The van der Waals surface area contributed by atoms with Gasteiger partial charge in [0.15, 0.2) is 0 Å². The average Bonchev–Trinajstić information content (AvgIpc) is 2.97. The molecule has 0 spiro atoms. The molecule has 1 aliphatic heterocycles. The third-order valence-electron chi connectivity index (χ3n) is 4.55. The fraction of sp³-hybridized carbons (Fsp3) is 0.529. The Morgan fingerprint density at radius 3 is 2.67 bits per heavy atom. The highest BCUT2D eigenvalue weighted by Gasteiger charge is 2.22. The fourth-order valence-electron chi connectivity index (χ4n) is 3.24. The number of carbonyl (C=O) groups excluding carboxylic acids is 1. The van der Waals surface area contributed by atoms with E-state index in [0.717, 1.165) is 43.5 Å². The summed E-state index contributed by atoms with van der Waals surface area (Å²) in [5.41, 5.74) is 2.09. The van der Waals surface area contributed by atoms with Gasteiger partial charge in [-0.2, -0.15) is 0 Å². The number of likely N-dealkylation sites (tertiary alicyclic amines) is 1. The number of nitrogens with zero attached hydrogens (tertiary/aromatic N) is 3. The predicted molar refractivity (Wildman–Crippen MR) is 102 cm³/mol. The number of para-hydroxylation sites is 2. The van der Waals surface area contributed by atoms with E-state index >= 15 is 0 Å². The minimum atomic E-state index is 0. The van der Waals surface area contributed by atoms with Crippen LogP contribution in [0, 0.1) is 5.92 Å². The zero-order valence-corrected chi connectivity index (χ0v) is 15.6. The quantitative estimate of drug-likeness (QED) is 0.877. The summed E-state index contributed by atoms with van der Waals surface area (Å²) in [6.07, 6.45) is 4.61. The lowest BCUT2D eigenvalue weighted by atomic mass is 9.96. The summed E-state index contributed by atoms with van der Waals surface area (Å²) in [7, 11) is 1.99. The van der Waals surface area contributed by atoms with Crippen molar-refractivity contribution in [3.8, 4) is 0 Å². The molecule has 2 aromatic rings. The number of hydrogen-bond donors (Lipinski definition) is 1. The van der Waals surface area contributed by atoms with Crippen LogP contribution in [0.15, 0.2) is 30.6 Å². The van der Waals surface area contributed by atoms with Crippen LogP contribution in [0.25, 0.3) is 11.0 Å². The lowest BCUT2D eigenvalue weighted by molar-refractivity contribution is -0.132. The van der Waals surface area contributed by atoms with Crippen LogP contribution < -0.4 is 5.32 Å². The van der Waals surface area contributed by atoms with E-state index in [1.807, 2.05) is 36.5 Å². The number of nitrogens with one attached hydrogen (secondary N) is 1. The van der Waals surface area contributed by atoms with Crippen LogP contribution in [0.1, 0.15) is 19.3 Å². The fourth-order valence-corrected chi connectivity index (χ4v) is 3.24. The molecule has 1 saturated heterocycles. The maximum Gasteiger partial charge on any atom is 0.224 e. The Labute approximate surface area is 155 Å². The molecule has 0 aliphatic carbocycles. The molecule has 1 N–H and O–H groups in total. The minimum absolute atomic E-state index is 0. The monoisotopic (exact) mass is 372 g/mol. The first-order valence-electron chi connectivity index (χ1n) is 8.10. The van der Waals surface area contributed by atoms with Gasteiger partial charge in [-0.3, -0.25) is 4.79 Å². The number of carbonyl (C=O) groups is 1. The van der Waals surface area contributed by atoms with E-state index in [1.165, 1.54) is 0 Å². The second kappa shape index (κ2) is 9.87. The number of amides is 1. The number of fused-ring (bicyclic) bond motifs is 1. The van der Waals surface area contributed by atoms with Crippen molar-refractivity contribution in [2.24, 2.45) is 5.92 Å². The Bertz CT molecular complexity index is 638. The average molecular weight is 373 g/mol. The van der Waals surface area contributed by atoms with E-state index in [2.05, 4.69) is 20.9 Å². The second-order valence-electron chi connectivity index (χ2n) is 6.06. The molecule has 0 saturated carbocycles. The molecule has 7 heteroatoms. The highest BCUT2D eigenvalue weighted by atomic mass is 35.5. The van der Waals surface area contributed by atoms with Gasteiger partial charge in [-0.05, 0) is 44.5 Å². The van der Waals surface area contributed by atoms with Crippen molar-refractivity contribution in [3.63, 3.8) is 0 Å². The highest BCUT2D eigenvalue weighted by Crippen LogP contribution is 2.18. The van der Waals surface area contributed by atoms with Gasteiger partial charge in [0.25, 0.3) is 0 Å². The number of halogens is 2. The third kappa shape index (κ3) is 4.85. The topological polar surface area (TPSA) is 50.2 Å². The van der Waals surface area contributed by atoms with E-state index in [-0.39, 0.29) is 30.7 Å². The standard InChI is InChI=1S/C17H24N4O.2ClH/c1-18-12-14-6-9-20(10-7-14)17(22)8-11-21-13-19-15-4-2-3-5-16(15)21;;/h2-5,13-14,18H,6-12H2,1H3;2*1H. The largest absolute Gasteiger partial charge is 0.343 e. The van der Waals surface area contributed by atoms with Gasteiger partial charge in [0.2, 0.25) is 5.91 Å². The molecule has 0 radical (unpaired) electrons. The molecule has 24 heavy (non-hydrogen) atoms. The molecule has 0 unspecified atom stereocenters. The van der Waals surface area contributed by atoms with Gasteiger partial charge >= 0.3 is 0 Å². The molecule has 134 valence electrons. The Balaban J connectivity index is 0.00000144. The smallest absolute Gasteiger partial charge is 0.224 e. The van der Waals surface area contributed by atoms with Gasteiger partial charge in [-0.15, -0.1) is 24.8 Å². The molecule has 5 nitrogen and oxygen atoms in total. The summed E-state index contributed by atoms with van der Waals surface area (Å²) in [5.74, 6) is 0.979. The molecule has 0 atom stereocenters. The number of benzene rings is 1. The van der Waals surface area contributed by atoms with Crippen LogP contribution >= 0.6 is 24.8 Å². The lowest BCUT2D eigenvalue weighted by Gasteiger charge is -2.32. The van der Waals surface area contributed by atoms with Crippen molar-refractivity contribution in [3.05, 3.63) is 30.6 Å². The molecule has 1 aromatic heterocycles.